The highest BCUT2D eigenvalue weighted by Gasteiger charge is 2.15. The van der Waals surface area contributed by atoms with E-state index in [0.717, 1.165) is 5.56 Å². The quantitative estimate of drug-likeness (QED) is 0.703. The highest BCUT2D eigenvalue weighted by molar-refractivity contribution is 7.92. The molecule has 0 fully saturated rings. The number of carbonyl (C=O) groups excluding carboxylic acids is 1. The van der Waals surface area contributed by atoms with Crippen LogP contribution in [-0.4, -0.2) is 27.4 Å². The van der Waals surface area contributed by atoms with Crippen molar-refractivity contribution in [2.24, 2.45) is 11.7 Å². The number of nitrogens with two attached hydrogens (primary N) is 1. The lowest BCUT2D eigenvalue weighted by Crippen LogP contribution is -2.31. The number of nitrogens with one attached hydrogen (secondary N) is 2. The zero-order chi connectivity index (χ0) is 18.4. The summed E-state index contributed by atoms with van der Waals surface area (Å²) in [7, 11) is -3.70. The average molecular weight is 361 g/mol. The normalized spacial score (nSPS) is 12.4. The standard InChI is InChI=1S/C18H23N3O3S/c1-13-3-7-16(8-4-13)21-25(23,24)17-9-5-15(6-10-17)18(22)20-12-14(2)11-19/h3-10,14,21H,11-12,19H2,1-2H3,(H,20,22). The van der Waals surface area contributed by atoms with E-state index in [-0.39, 0.29) is 16.7 Å². The predicted molar refractivity (Wildman–Crippen MR) is 99.0 cm³/mol. The second-order valence-electron chi connectivity index (χ2n) is 6.05. The van der Waals surface area contributed by atoms with Crippen molar-refractivity contribution in [3.05, 3.63) is 59.7 Å². The van der Waals surface area contributed by atoms with Crippen molar-refractivity contribution in [1.29, 1.82) is 0 Å². The van der Waals surface area contributed by atoms with E-state index in [4.69, 9.17) is 5.73 Å². The minimum absolute atomic E-state index is 0.0972. The SMILES string of the molecule is Cc1ccc(NS(=O)(=O)c2ccc(C(=O)NCC(C)CN)cc2)cc1. The smallest absolute Gasteiger partial charge is 0.261 e. The van der Waals surface area contributed by atoms with Gasteiger partial charge in [0.25, 0.3) is 15.9 Å². The third-order valence-corrected chi connectivity index (χ3v) is 5.14. The van der Waals surface area contributed by atoms with Crippen LogP contribution >= 0.6 is 0 Å². The first-order valence-corrected chi connectivity index (χ1v) is 9.48. The van der Waals surface area contributed by atoms with Crippen LogP contribution in [0.4, 0.5) is 5.69 Å². The molecule has 2 aromatic rings. The summed E-state index contributed by atoms with van der Waals surface area (Å²) < 4.78 is 27.3. The van der Waals surface area contributed by atoms with Gasteiger partial charge in [-0.2, -0.15) is 0 Å². The number of sulfonamides is 1. The van der Waals surface area contributed by atoms with E-state index in [0.29, 0.717) is 24.3 Å². The molecule has 4 N–H and O–H groups in total. The highest BCUT2D eigenvalue weighted by atomic mass is 32.2. The monoisotopic (exact) mass is 361 g/mol. The largest absolute Gasteiger partial charge is 0.352 e. The molecule has 0 spiro atoms. The highest BCUT2D eigenvalue weighted by Crippen LogP contribution is 2.17. The maximum absolute atomic E-state index is 12.4. The third-order valence-electron chi connectivity index (χ3n) is 3.74. The molecule has 2 rings (SSSR count). The summed E-state index contributed by atoms with van der Waals surface area (Å²) in [5, 5.41) is 2.77. The number of anilines is 1. The Morgan fingerprint density at radius 3 is 2.24 bits per heavy atom. The lowest BCUT2D eigenvalue weighted by molar-refractivity contribution is 0.0948. The number of benzene rings is 2. The molecule has 1 amide bonds. The van der Waals surface area contributed by atoms with Gasteiger partial charge < -0.3 is 11.1 Å². The van der Waals surface area contributed by atoms with Gasteiger partial charge in [0.15, 0.2) is 0 Å². The van der Waals surface area contributed by atoms with Gasteiger partial charge in [0, 0.05) is 17.8 Å². The van der Waals surface area contributed by atoms with Gasteiger partial charge in [0.2, 0.25) is 0 Å². The number of hydrogen-bond acceptors (Lipinski definition) is 4. The summed E-state index contributed by atoms with van der Waals surface area (Å²) in [6.45, 7) is 4.83. The fourth-order valence-corrected chi connectivity index (χ4v) is 3.13. The van der Waals surface area contributed by atoms with Gasteiger partial charge in [-0.25, -0.2) is 8.42 Å². The first-order valence-electron chi connectivity index (χ1n) is 7.99. The summed E-state index contributed by atoms with van der Waals surface area (Å²) in [6, 6.07) is 12.9. The van der Waals surface area contributed by atoms with Crippen LogP contribution < -0.4 is 15.8 Å². The topological polar surface area (TPSA) is 101 Å². The van der Waals surface area contributed by atoms with Crippen LogP contribution in [-0.2, 0) is 10.0 Å². The molecule has 25 heavy (non-hydrogen) atoms. The summed E-state index contributed by atoms with van der Waals surface area (Å²) in [4.78, 5) is 12.1. The van der Waals surface area contributed by atoms with Crippen molar-refractivity contribution < 1.29 is 13.2 Å². The van der Waals surface area contributed by atoms with Crippen LogP contribution in [0.2, 0.25) is 0 Å². The van der Waals surface area contributed by atoms with Crippen LogP contribution in [0.3, 0.4) is 0 Å². The van der Waals surface area contributed by atoms with Crippen molar-refractivity contribution in [3.63, 3.8) is 0 Å². The fraction of sp³-hybridized carbons (Fsp3) is 0.278. The first-order chi connectivity index (χ1) is 11.8. The summed E-state index contributed by atoms with van der Waals surface area (Å²) in [6.07, 6.45) is 0. The number of rotatable bonds is 7. The molecule has 0 saturated carbocycles. The Morgan fingerprint density at radius 2 is 1.68 bits per heavy atom. The van der Waals surface area contributed by atoms with Crippen LogP contribution in [0, 0.1) is 12.8 Å². The van der Waals surface area contributed by atoms with Gasteiger partial charge >= 0.3 is 0 Å². The van der Waals surface area contributed by atoms with Crippen molar-refractivity contribution in [1.82, 2.24) is 5.32 Å². The van der Waals surface area contributed by atoms with E-state index in [1.165, 1.54) is 24.3 Å². The van der Waals surface area contributed by atoms with Crippen molar-refractivity contribution in [3.8, 4) is 0 Å². The Morgan fingerprint density at radius 1 is 1.08 bits per heavy atom. The molecule has 0 bridgehead atoms. The lowest BCUT2D eigenvalue weighted by atomic mass is 10.1. The van der Waals surface area contributed by atoms with Gasteiger partial charge in [-0.05, 0) is 55.8 Å². The Balaban J connectivity index is 2.07. The van der Waals surface area contributed by atoms with Crippen LogP contribution in [0.25, 0.3) is 0 Å². The summed E-state index contributed by atoms with van der Waals surface area (Å²) in [5.41, 5.74) is 7.45. The van der Waals surface area contributed by atoms with Gasteiger partial charge in [-0.15, -0.1) is 0 Å². The molecular formula is C18H23N3O3S. The molecule has 0 heterocycles. The molecule has 1 atom stereocenters. The molecule has 0 aromatic heterocycles. The Labute approximate surface area is 148 Å². The first kappa shape index (κ1) is 19.0. The maximum atomic E-state index is 12.4. The number of hydrogen-bond donors (Lipinski definition) is 3. The van der Waals surface area contributed by atoms with Gasteiger partial charge in [-0.3, -0.25) is 9.52 Å². The maximum Gasteiger partial charge on any atom is 0.261 e. The molecule has 0 aliphatic rings. The van der Waals surface area contributed by atoms with E-state index in [1.54, 1.807) is 12.1 Å². The molecule has 6 nitrogen and oxygen atoms in total. The second-order valence-corrected chi connectivity index (χ2v) is 7.73. The van der Waals surface area contributed by atoms with Crippen molar-refractivity contribution in [2.45, 2.75) is 18.7 Å². The zero-order valence-electron chi connectivity index (χ0n) is 14.3. The van der Waals surface area contributed by atoms with E-state index < -0.39 is 10.0 Å². The molecule has 1 unspecified atom stereocenters. The van der Waals surface area contributed by atoms with Crippen molar-refractivity contribution >= 4 is 21.6 Å². The minimum Gasteiger partial charge on any atom is -0.352 e. The Kier molecular flexibility index (Phi) is 6.17. The molecule has 0 saturated heterocycles. The van der Waals surface area contributed by atoms with Crippen LogP contribution in [0.15, 0.2) is 53.4 Å². The fourth-order valence-electron chi connectivity index (χ4n) is 2.07. The predicted octanol–water partition coefficient (Wildman–Crippen LogP) is 2.12. The molecule has 0 radical (unpaired) electrons. The van der Waals surface area contributed by atoms with Gasteiger partial charge in [0.1, 0.15) is 0 Å². The van der Waals surface area contributed by atoms with E-state index in [1.807, 2.05) is 26.0 Å². The lowest BCUT2D eigenvalue weighted by Gasteiger charge is -2.11. The molecule has 134 valence electrons. The third kappa shape index (κ3) is 5.30. The van der Waals surface area contributed by atoms with Gasteiger partial charge in [-0.1, -0.05) is 24.6 Å². The Bertz CT molecular complexity index is 816. The minimum atomic E-state index is -3.70. The van der Waals surface area contributed by atoms with Crippen LogP contribution in [0.1, 0.15) is 22.8 Å². The molecule has 0 aliphatic carbocycles. The zero-order valence-corrected chi connectivity index (χ0v) is 15.1. The second kappa shape index (κ2) is 8.13. The van der Waals surface area contributed by atoms with E-state index >= 15 is 0 Å². The van der Waals surface area contributed by atoms with E-state index in [2.05, 4.69) is 10.0 Å². The van der Waals surface area contributed by atoms with Gasteiger partial charge in [0.05, 0.1) is 4.90 Å². The number of amides is 1. The summed E-state index contributed by atoms with van der Waals surface area (Å²) in [5.74, 6) is -0.0712. The molecule has 2 aromatic carbocycles. The molecular weight excluding hydrogens is 338 g/mol. The molecule has 7 heteroatoms. The van der Waals surface area contributed by atoms with Crippen LogP contribution in [0.5, 0.6) is 0 Å². The summed E-state index contributed by atoms with van der Waals surface area (Å²) >= 11 is 0. The number of carbonyl (C=O) groups is 1. The Hall–Kier alpha value is -2.38. The average Bonchev–Trinajstić information content (AvgIpc) is 2.61. The van der Waals surface area contributed by atoms with E-state index in [9.17, 15) is 13.2 Å². The van der Waals surface area contributed by atoms with Crippen molar-refractivity contribution in [2.75, 3.05) is 17.8 Å². The molecule has 0 aliphatic heterocycles. The number of aryl methyl sites for hydroxylation is 1.